The summed E-state index contributed by atoms with van der Waals surface area (Å²) in [5, 5.41) is 6.31. The summed E-state index contributed by atoms with van der Waals surface area (Å²) in [6.45, 7) is 2.85. The van der Waals surface area contributed by atoms with E-state index in [-0.39, 0.29) is 11.9 Å². The molecule has 1 atom stereocenters. The topological polar surface area (TPSA) is 68.0 Å². The van der Waals surface area contributed by atoms with Gasteiger partial charge < -0.3 is 11.1 Å². The molecule has 0 aliphatic heterocycles. The lowest BCUT2D eigenvalue weighted by Crippen LogP contribution is -2.21. The van der Waals surface area contributed by atoms with Gasteiger partial charge in [-0.2, -0.15) is 0 Å². The highest BCUT2D eigenvalue weighted by molar-refractivity contribution is 7.09. The number of amides is 1. The molecule has 1 aromatic rings. The van der Waals surface area contributed by atoms with Crippen LogP contribution in [0.3, 0.4) is 0 Å². The van der Waals surface area contributed by atoms with Crippen LogP contribution in [-0.4, -0.2) is 17.4 Å². The Kier molecular flexibility index (Phi) is 4.55. The molecule has 0 aliphatic rings. The fourth-order valence-corrected chi connectivity index (χ4v) is 1.79. The largest absolute Gasteiger partial charge is 0.370 e. The molecule has 4 nitrogen and oxygen atoms in total. The van der Waals surface area contributed by atoms with E-state index in [2.05, 4.69) is 17.2 Å². The summed E-state index contributed by atoms with van der Waals surface area (Å²) in [6, 6.07) is 0.253. The Morgan fingerprint density at radius 1 is 1.79 bits per heavy atom. The van der Waals surface area contributed by atoms with Gasteiger partial charge in [0.25, 0.3) is 0 Å². The summed E-state index contributed by atoms with van der Waals surface area (Å²) in [7, 11) is 0. The minimum Gasteiger partial charge on any atom is -0.370 e. The van der Waals surface area contributed by atoms with Gasteiger partial charge in [0.05, 0.1) is 6.04 Å². The third-order valence-electron chi connectivity index (χ3n) is 1.87. The lowest BCUT2D eigenvalue weighted by Gasteiger charge is -2.09. The highest BCUT2D eigenvalue weighted by Crippen LogP contribution is 2.14. The molecular weight excluding hydrogens is 198 g/mol. The lowest BCUT2D eigenvalue weighted by molar-refractivity contribution is -0.118. The van der Waals surface area contributed by atoms with Crippen LogP contribution in [0.2, 0.25) is 0 Å². The number of thiazole rings is 1. The first-order valence-electron chi connectivity index (χ1n) is 4.61. The van der Waals surface area contributed by atoms with Crippen molar-refractivity contribution in [2.24, 2.45) is 5.73 Å². The number of carbonyl (C=O) groups is 1. The molecule has 0 aliphatic carbocycles. The SMILES string of the molecule is CC(NCCCC(N)=O)c1nccs1. The summed E-state index contributed by atoms with van der Waals surface area (Å²) in [6.07, 6.45) is 3.02. The van der Waals surface area contributed by atoms with Crippen molar-refractivity contribution >= 4 is 17.2 Å². The normalized spacial score (nSPS) is 12.6. The minimum absolute atomic E-state index is 0.242. The summed E-state index contributed by atoms with van der Waals surface area (Å²) in [5.74, 6) is -0.242. The van der Waals surface area contributed by atoms with E-state index in [9.17, 15) is 4.79 Å². The van der Waals surface area contributed by atoms with Crippen LogP contribution in [0.15, 0.2) is 11.6 Å². The van der Waals surface area contributed by atoms with Crippen LogP contribution in [0.1, 0.15) is 30.8 Å². The highest BCUT2D eigenvalue weighted by atomic mass is 32.1. The average molecular weight is 213 g/mol. The number of nitrogens with zero attached hydrogens (tertiary/aromatic N) is 1. The van der Waals surface area contributed by atoms with Gasteiger partial charge in [-0.15, -0.1) is 11.3 Å². The zero-order valence-electron chi connectivity index (χ0n) is 8.19. The van der Waals surface area contributed by atoms with Crippen LogP contribution in [0.4, 0.5) is 0 Å². The molecule has 5 heteroatoms. The van der Waals surface area contributed by atoms with Crippen molar-refractivity contribution in [1.82, 2.24) is 10.3 Å². The number of nitrogens with one attached hydrogen (secondary N) is 1. The van der Waals surface area contributed by atoms with Gasteiger partial charge >= 0.3 is 0 Å². The van der Waals surface area contributed by atoms with E-state index >= 15 is 0 Å². The van der Waals surface area contributed by atoms with E-state index in [1.165, 1.54) is 0 Å². The first kappa shape index (κ1) is 11.1. The van der Waals surface area contributed by atoms with Crippen molar-refractivity contribution in [3.8, 4) is 0 Å². The second-order valence-corrected chi connectivity index (χ2v) is 4.04. The first-order valence-corrected chi connectivity index (χ1v) is 5.49. The summed E-state index contributed by atoms with van der Waals surface area (Å²) in [4.78, 5) is 14.7. The number of aromatic nitrogens is 1. The second-order valence-electron chi connectivity index (χ2n) is 3.12. The van der Waals surface area contributed by atoms with E-state index in [1.54, 1.807) is 17.5 Å². The number of nitrogens with two attached hydrogens (primary N) is 1. The molecule has 0 spiro atoms. The smallest absolute Gasteiger partial charge is 0.217 e. The Hall–Kier alpha value is -0.940. The predicted molar refractivity (Wildman–Crippen MR) is 57.0 cm³/mol. The number of primary amides is 1. The van der Waals surface area contributed by atoms with Gasteiger partial charge in [0, 0.05) is 18.0 Å². The van der Waals surface area contributed by atoms with Crippen LogP contribution in [0.5, 0.6) is 0 Å². The van der Waals surface area contributed by atoms with Crippen molar-refractivity contribution in [3.05, 3.63) is 16.6 Å². The fourth-order valence-electron chi connectivity index (χ4n) is 1.12. The third-order valence-corrected chi connectivity index (χ3v) is 2.83. The van der Waals surface area contributed by atoms with Gasteiger partial charge in [-0.25, -0.2) is 4.98 Å². The molecule has 1 rings (SSSR count). The Bertz CT molecular complexity index is 274. The molecule has 1 unspecified atom stereocenters. The maximum atomic E-state index is 10.5. The first-order chi connectivity index (χ1) is 6.70. The molecule has 0 bridgehead atoms. The Balaban J connectivity index is 2.16. The van der Waals surface area contributed by atoms with Crippen LogP contribution >= 0.6 is 11.3 Å². The highest BCUT2D eigenvalue weighted by Gasteiger charge is 2.06. The van der Waals surface area contributed by atoms with Gasteiger partial charge in [0.2, 0.25) is 5.91 Å². The molecule has 0 radical (unpaired) electrons. The van der Waals surface area contributed by atoms with Gasteiger partial charge in [0.15, 0.2) is 0 Å². The standard InChI is InChI=1S/C9H15N3OS/c1-7(9-12-5-6-14-9)11-4-2-3-8(10)13/h5-7,11H,2-4H2,1H3,(H2,10,13). The number of hydrogen-bond donors (Lipinski definition) is 2. The molecule has 0 saturated heterocycles. The second kappa shape index (κ2) is 5.72. The van der Waals surface area contributed by atoms with Crippen LogP contribution in [-0.2, 0) is 4.79 Å². The molecule has 1 aromatic heterocycles. The molecule has 78 valence electrons. The molecular formula is C9H15N3OS. The third kappa shape index (κ3) is 3.85. The van der Waals surface area contributed by atoms with Gasteiger partial charge in [0.1, 0.15) is 5.01 Å². The van der Waals surface area contributed by atoms with E-state index in [4.69, 9.17) is 5.73 Å². The van der Waals surface area contributed by atoms with E-state index in [0.29, 0.717) is 6.42 Å². The van der Waals surface area contributed by atoms with Crippen molar-refractivity contribution < 1.29 is 4.79 Å². The van der Waals surface area contributed by atoms with E-state index < -0.39 is 0 Å². The number of hydrogen-bond acceptors (Lipinski definition) is 4. The summed E-state index contributed by atoms with van der Waals surface area (Å²) < 4.78 is 0. The predicted octanol–water partition coefficient (Wildman–Crippen LogP) is 1.06. The monoisotopic (exact) mass is 213 g/mol. The molecule has 14 heavy (non-hydrogen) atoms. The molecule has 1 amide bonds. The van der Waals surface area contributed by atoms with Crippen molar-refractivity contribution in [1.29, 1.82) is 0 Å². The van der Waals surface area contributed by atoms with Crippen LogP contribution in [0, 0.1) is 0 Å². The van der Waals surface area contributed by atoms with Crippen molar-refractivity contribution in [3.63, 3.8) is 0 Å². The lowest BCUT2D eigenvalue weighted by atomic mass is 10.3. The van der Waals surface area contributed by atoms with Gasteiger partial charge in [-0.05, 0) is 19.9 Å². The fraction of sp³-hybridized carbons (Fsp3) is 0.556. The number of carbonyl (C=O) groups excluding carboxylic acids is 1. The Morgan fingerprint density at radius 3 is 3.14 bits per heavy atom. The number of rotatable bonds is 6. The summed E-state index contributed by atoms with van der Waals surface area (Å²) >= 11 is 1.63. The maximum absolute atomic E-state index is 10.5. The van der Waals surface area contributed by atoms with Crippen LogP contribution in [0.25, 0.3) is 0 Å². The summed E-state index contributed by atoms with van der Waals surface area (Å²) in [5.41, 5.74) is 5.03. The van der Waals surface area contributed by atoms with Gasteiger partial charge in [-0.1, -0.05) is 0 Å². The van der Waals surface area contributed by atoms with Crippen LogP contribution < -0.4 is 11.1 Å². The van der Waals surface area contributed by atoms with E-state index in [1.807, 2.05) is 5.38 Å². The van der Waals surface area contributed by atoms with E-state index in [0.717, 1.165) is 18.0 Å². The zero-order valence-corrected chi connectivity index (χ0v) is 9.01. The van der Waals surface area contributed by atoms with Gasteiger partial charge in [-0.3, -0.25) is 4.79 Å². The maximum Gasteiger partial charge on any atom is 0.217 e. The molecule has 3 N–H and O–H groups in total. The Morgan fingerprint density at radius 2 is 2.57 bits per heavy atom. The minimum atomic E-state index is -0.242. The van der Waals surface area contributed by atoms with Crippen molar-refractivity contribution in [2.75, 3.05) is 6.54 Å². The molecule has 1 heterocycles. The van der Waals surface area contributed by atoms with Crippen molar-refractivity contribution in [2.45, 2.75) is 25.8 Å². The molecule has 0 aromatic carbocycles. The molecule has 0 saturated carbocycles. The Labute approximate surface area is 87.5 Å². The zero-order chi connectivity index (χ0) is 10.4. The average Bonchev–Trinajstić information content (AvgIpc) is 2.64. The molecule has 0 fully saturated rings. The quantitative estimate of drug-likeness (QED) is 0.694.